The van der Waals surface area contributed by atoms with Gasteiger partial charge < -0.3 is 5.11 Å². The number of halogens is 1. The Morgan fingerprint density at radius 3 is 1.60 bits per heavy atom. The molecule has 0 bridgehead atoms. The molecule has 0 unspecified atom stereocenters. The Morgan fingerprint density at radius 2 is 1.20 bits per heavy atom. The molecule has 0 aliphatic carbocycles. The highest BCUT2D eigenvalue weighted by Crippen LogP contribution is 2.38. The van der Waals surface area contributed by atoms with Gasteiger partial charge in [0.15, 0.2) is 0 Å². The minimum Gasteiger partial charge on any atom is -0.508 e. The van der Waals surface area contributed by atoms with E-state index in [1.807, 2.05) is 24.3 Å². The van der Waals surface area contributed by atoms with Gasteiger partial charge in [0.05, 0.1) is 0 Å². The fourth-order valence-electron chi connectivity index (χ4n) is 2.94. The Hall–Kier alpha value is -1.83. The summed E-state index contributed by atoms with van der Waals surface area (Å²) in [6.07, 6.45) is 2.02. The molecule has 1 nitrogen and oxygen atoms in total. The zero-order valence-corrected chi connectivity index (χ0v) is 12.0. The van der Waals surface area contributed by atoms with Crippen molar-refractivity contribution in [3.8, 4) is 5.75 Å². The van der Waals surface area contributed by atoms with Gasteiger partial charge >= 0.3 is 0 Å². The van der Waals surface area contributed by atoms with E-state index < -0.39 is 0 Å². The van der Waals surface area contributed by atoms with Gasteiger partial charge in [0.1, 0.15) is 11.6 Å². The summed E-state index contributed by atoms with van der Waals surface area (Å²) < 4.78 is 13.1. The van der Waals surface area contributed by atoms with Crippen LogP contribution in [0.15, 0.2) is 48.5 Å². The van der Waals surface area contributed by atoms with Crippen molar-refractivity contribution in [2.24, 2.45) is 0 Å². The van der Waals surface area contributed by atoms with Crippen LogP contribution in [-0.2, 0) is 0 Å². The number of hydrogen-bond acceptors (Lipinski definition) is 1. The van der Waals surface area contributed by atoms with Gasteiger partial charge in [0, 0.05) is 0 Å². The smallest absolute Gasteiger partial charge is 0.123 e. The lowest BCUT2D eigenvalue weighted by molar-refractivity contribution is 0.472. The van der Waals surface area contributed by atoms with Crippen molar-refractivity contribution >= 4 is 0 Å². The Morgan fingerprint density at radius 1 is 0.800 bits per heavy atom. The van der Waals surface area contributed by atoms with Crippen molar-refractivity contribution in [3.05, 3.63) is 65.5 Å². The summed E-state index contributed by atoms with van der Waals surface area (Å²) in [6.45, 7) is 4.33. The van der Waals surface area contributed by atoms with Crippen LogP contribution >= 0.6 is 0 Å². The number of phenolic OH excluding ortho intramolecular Hbond substituents is 1. The number of phenols is 1. The Labute approximate surface area is 120 Å². The summed E-state index contributed by atoms with van der Waals surface area (Å²) in [5.74, 6) is 0.843. The van der Waals surface area contributed by atoms with E-state index in [9.17, 15) is 9.50 Å². The quantitative estimate of drug-likeness (QED) is 0.791. The van der Waals surface area contributed by atoms with E-state index in [0.29, 0.717) is 17.6 Å². The first-order chi connectivity index (χ1) is 9.65. The lowest BCUT2D eigenvalue weighted by Crippen LogP contribution is -2.10. The highest BCUT2D eigenvalue weighted by atomic mass is 19.1. The van der Waals surface area contributed by atoms with E-state index >= 15 is 0 Å². The van der Waals surface area contributed by atoms with Crippen LogP contribution in [0.3, 0.4) is 0 Å². The minimum atomic E-state index is -0.193. The standard InChI is InChI=1S/C18H21FO/c1-3-17(13-5-9-15(19)10-6-13)18(4-2)14-7-11-16(20)12-8-14/h5-12,17-18,20H,3-4H2,1-2H3/t17-,18-/m0/s1. The van der Waals surface area contributed by atoms with Crippen molar-refractivity contribution in [3.63, 3.8) is 0 Å². The third kappa shape index (κ3) is 3.19. The van der Waals surface area contributed by atoms with Crippen LogP contribution in [0, 0.1) is 5.82 Å². The van der Waals surface area contributed by atoms with E-state index in [1.54, 1.807) is 12.1 Å². The summed E-state index contributed by atoms with van der Waals surface area (Å²) in [6, 6.07) is 14.2. The summed E-state index contributed by atoms with van der Waals surface area (Å²) in [5, 5.41) is 9.41. The molecule has 0 aromatic heterocycles. The maximum absolute atomic E-state index is 13.1. The van der Waals surface area contributed by atoms with Crippen LogP contribution in [0.2, 0.25) is 0 Å². The van der Waals surface area contributed by atoms with Crippen molar-refractivity contribution in [2.75, 3.05) is 0 Å². The molecule has 0 aliphatic rings. The summed E-state index contributed by atoms with van der Waals surface area (Å²) in [5.41, 5.74) is 2.40. The lowest BCUT2D eigenvalue weighted by Gasteiger charge is -2.26. The van der Waals surface area contributed by atoms with Crippen LogP contribution in [0.25, 0.3) is 0 Å². The van der Waals surface area contributed by atoms with Gasteiger partial charge in [0.25, 0.3) is 0 Å². The number of aromatic hydroxyl groups is 1. The number of benzene rings is 2. The topological polar surface area (TPSA) is 20.2 Å². The Kier molecular flexibility index (Phi) is 4.78. The molecule has 0 spiro atoms. The molecule has 0 amide bonds. The van der Waals surface area contributed by atoms with Crippen LogP contribution < -0.4 is 0 Å². The lowest BCUT2D eigenvalue weighted by atomic mass is 9.78. The predicted molar refractivity (Wildman–Crippen MR) is 80.6 cm³/mol. The molecule has 2 atom stereocenters. The first kappa shape index (κ1) is 14.6. The average Bonchev–Trinajstić information content (AvgIpc) is 2.47. The summed E-state index contributed by atoms with van der Waals surface area (Å²) in [4.78, 5) is 0. The zero-order chi connectivity index (χ0) is 14.5. The third-order valence-corrected chi connectivity index (χ3v) is 3.98. The second kappa shape index (κ2) is 6.56. The first-order valence-corrected chi connectivity index (χ1v) is 7.20. The zero-order valence-electron chi connectivity index (χ0n) is 12.0. The Bertz CT molecular complexity index is 479. The van der Waals surface area contributed by atoms with Crippen LogP contribution in [-0.4, -0.2) is 5.11 Å². The second-order valence-corrected chi connectivity index (χ2v) is 5.17. The fraction of sp³-hybridized carbons (Fsp3) is 0.333. The average molecular weight is 272 g/mol. The molecule has 2 aromatic rings. The van der Waals surface area contributed by atoms with E-state index in [0.717, 1.165) is 12.8 Å². The third-order valence-electron chi connectivity index (χ3n) is 3.98. The van der Waals surface area contributed by atoms with Gasteiger partial charge in [-0.2, -0.15) is 0 Å². The highest BCUT2D eigenvalue weighted by molar-refractivity contribution is 5.32. The largest absolute Gasteiger partial charge is 0.508 e. The van der Waals surface area contributed by atoms with Crippen LogP contribution in [0.5, 0.6) is 5.75 Å². The van der Waals surface area contributed by atoms with Gasteiger partial charge in [-0.25, -0.2) is 4.39 Å². The molecule has 2 aromatic carbocycles. The number of hydrogen-bond donors (Lipinski definition) is 1. The second-order valence-electron chi connectivity index (χ2n) is 5.17. The fourth-order valence-corrected chi connectivity index (χ4v) is 2.94. The molecule has 1 N–H and O–H groups in total. The molecule has 0 aliphatic heterocycles. The first-order valence-electron chi connectivity index (χ1n) is 7.20. The maximum Gasteiger partial charge on any atom is 0.123 e. The molecule has 0 fully saturated rings. The predicted octanol–water partition coefficient (Wildman–Crippen LogP) is 5.22. The molecule has 0 saturated heterocycles. The van der Waals surface area contributed by atoms with Crippen LogP contribution in [0.1, 0.15) is 49.7 Å². The van der Waals surface area contributed by atoms with Crippen molar-refractivity contribution in [1.29, 1.82) is 0 Å². The number of rotatable bonds is 5. The van der Waals surface area contributed by atoms with Gasteiger partial charge in [0.2, 0.25) is 0 Å². The van der Waals surface area contributed by atoms with E-state index in [4.69, 9.17) is 0 Å². The summed E-state index contributed by atoms with van der Waals surface area (Å²) >= 11 is 0. The van der Waals surface area contributed by atoms with E-state index in [-0.39, 0.29) is 5.82 Å². The molecule has 0 saturated carbocycles. The van der Waals surface area contributed by atoms with E-state index in [1.165, 1.54) is 23.3 Å². The molecule has 0 radical (unpaired) electrons. The highest BCUT2D eigenvalue weighted by Gasteiger charge is 2.21. The molecule has 2 heteroatoms. The molecule has 2 rings (SSSR count). The van der Waals surface area contributed by atoms with Crippen molar-refractivity contribution in [1.82, 2.24) is 0 Å². The Balaban J connectivity index is 2.32. The minimum absolute atomic E-state index is 0.193. The van der Waals surface area contributed by atoms with Crippen LogP contribution in [0.4, 0.5) is 4.39 Å². The van der Waals surface area contributed by atoms with Gasteiger partial charge in [-0.3, -0.25) is 0 Å². The molecular weight excluding hydrogens is 251 g/mol. The van der Waals surface area contributed by atoms with Gasteiger partial charge in [-0.05, 0) is 60.1 Å². The normalized spacial score (nSPS) is 13.9. The van der Waals surface area contributed by atoms with Gasteiger partial charge in [-0.15, -0.1) is 0 Å². The molecule has 106 valence electrons. The van der Waals surface area contributed by atoms with Gasteiger partial charge in [-0.1, -0.05) is 38.1 Å². The molecule has 0 heterocycles. The maximum atomic E-state index is 13.1. The molecular formula is C18H21FO. The monoisotopic (exact) mass is 272 g/mol. The SMILES string of the molecule is CC[C@@H](c1ccc(O)cc1)[C@@H](CC)c1ccc(F)cc1. The molecule has 20 heavy (non-hydrogen) atoms. The van der Waals surface area contributed by atoms with Crippen molar-refractivity contribution < 1.29 is 9.50 Å². The van der Waals surface area contributed by atoms with E-state index in [2.05, 4.69) is 13.8 Å². The summed E-state index contributed by atoms with van der Waals surface area (Å²) in [7, 11) is 0. The van der Waals surface area contributed by atoms with Crippen molar-refractivity contribution in [2.45, 2.75) is 38.5 Å².